The summed E-state index contributed by atoms with van der Waals surface area (Å²) in [4.78, 5) is 12.2. The minimum absolute atomic E-state index is 0.101. The van der Waals surface area contributed by atoms with Gasteiger partial charge in [0.1, 0.15) is 18.2 Å². The molecule has 2 heterocycles. The molecule has 1 fully saturated rings. The summed E-state index contributed by atoms with van der Waals surface area (Å²) >= 11 is 0. The van der Waals surface area contributed by atoms with Crippen molar-refractivity contribution in [3.8, 4) is 0 Å². The number of carbonyl (C=O) groups is 1. The average Bonchev–Trinajstić information content (AvgIpc) is 3.23. The van der Waals surface area contributed by atoms with Crippen molar-refractivity contribution >= 4 is 5.91 Å². The van der Waals surface area contributed by atoms with Gasteiger partial charge in [0.05, 0.1) is 0 Å². The smallest absolute Gasteiger partial charge is 0.251 e. The van der Waals surface area contributed by atoms with Gasteiger partial charge < -0.3 is 9.88 Å². The Morgan fingerprint density at radius 1 is 1.27 bits per heavy atom. The molecule has 0 spiro atoms. The van der Waals surface area contributed by atoms with Gasteiger partial charge in [-0.05, 0) is 43.2 Å². The number of halogens is 1. The van der Waals surface area contributed by atoms with Crippen molar-refractivity contribution in [3.05, 3.63) is 65.8 Å². The number of nitrogens with zero attached hydrogens (tertiary/aromatic N) is 5. The number of rotatable bonds is 5. The third kappa shape index (κ3) is 3.22. The average molecular weight is 354 g/mol. The predicted octanol–water partition coefficient (Wildman–Crippen LogP) is 1.88. The van der Waals surface area contributed by atoms with E-state index in [1.807, 2.05) is 23.9 Å². The molecule has 7 nitrogen and oxygen atoms in total. The second-order valence-corrected chi connectivity index (χ2v) is 6.58. The molecule has 26 heavy (non-hydrogen) atoms. The van der Waals surface area contributed by atoms with Gasteiger partial charge in [0, 0.05) is 37.0 Å². The van der Waals surface area contributed by atoms with E-state index in [2.05, 4.69) is 20.6 Å². The zero-order valence-electron chi connectivity index (χ0n) is 14.3. The van der Waals surface area contributed by atoms with Crippen LogP contribution in [0.15, 0.2) is 42.7 Å². The number of amides is 1. The molecule has 0 unspecified atom stereocenters. The maximum Gasteiger partial charge on any atom is 0.251 e. The lowest BCUT2D eigenvalue weighted by Gasteiger charge is -2.35. The van der Waals surface area contributed by atoms with E-state index >= 15 is 0 Å². The Hall–Kier alpha value is -3.03. The molecule has 1 aromatic carbocycles. The van der Waals surface area contributed by atoms with Crippen molar-refractivity contribution < 1.29 is 9.18 Å². The van der Waals surface area contributed by atoms with Crippen LogP contribution in [0, 0.1) is 5.82 Å². The van der Waals surface area contributed by atoms with Crippen LogP contribution in [0.25, 0.3) is 0 Å². The van der Waals surface area contributed by atoms with Gasteiger partial charge in [-0.15, -0.1) is 10.2 Å². The largest absolute Gasteiger partial charge is 0.349 e. The SMILES string of the molecule is Cn1c(Cn2cccn2)nnc1C1CC(NC(=O)c2ccc(F)cc2)C1. The van der Waals surface area contributed by atoms with Crippen LogP contribution in [-0.4, -0.2) is 36.5 Å². The first-order valence-electron chi connectivity index (χ1n) is 8.52. The number of nitrogens with one attached hydrogen (secondary N) is 1. The van der Waals surface area contributed by atoms with Crippen LogP contribution < -0.4 is 5.32 Å². The highest BCUT2D eigenvalue weighted by molar-refractivity contribution is 5.94. The molecule has 0 saturated heterocycles. The quantitative estimate of drug-likeness (QED) is 0.759. The first-order valence-corrected chi connectivity index (χ1v) is 8.52. The molecule has 0 atom stereocenters. The van der Waals surface area contributed by atoms with Crippen LogP contribution in [0.1, 0.15) is 40.8 Å². The van der Waals surface area contributed by atoms with Crippen LogP contribution >= 0.6 is 0 Å². The molecule has 1 aliphatic rings. The zero-order chi connectivity index (χ0) is 18.1. The van der Waals surface area contributed by atoms with Gasteiger partial charge in [0.25, 0.3) is 5.91 Å². The fourth-order valence-corrected chi connectivity index (χ4v) is 3.22. The minimum Gasteiger partial charge on any atom is -0.349 e. The molecule has 0 aliphatic heterocycles. The first kappa shape index (κ1) is 16.4. The Bertz CT molecular complexity index is 896. The molecule has 2 aromatic heterocycles. The molecule has 0 bridgehead atoms. The molecule has 1 amide bonds. The van der Waals surface area contributed by atoms with Crippen LogP contribution in [0.4, 0.5) is 4.39 Å². The molecule has 1 saturated carbocycles. The Morgan fingerprint density at radius 3 is 2.73 bits per heavy atom. The summed E-state index contributed by atoms with van der Waals surface area (Å²) in [5.41, 5.74) is 0.468. The Kier molecular flexibility index (Phi) is 4.24. The molecule has 0 radical (unpaired) electrons. The number of hydrogen-bond acceptors (Lipinski definition) is 4. The van der Waals surface area contributed by atoms with E-state index in [-0.39, 0.29) is 23.7 Å². The molecular formula is C18H19FN6O. The monoisotopic (exact) mass is 354 g/mol. The van der Waals surface area contributed by atoms with Gasteiger partial charge in [-0.2, -0.15) is 5.10 Å². The van der Waals surface area contributed by atoms with Gasteiger partial charge >= 0.3 is 0 Å². The zero-order valence-corrected chi connectivity index (χ0v) is 14.3. The van der Waals surface area contributed by atoms with E-state index in [0.717, 1.165) is 24.5 Å². The lowest BCUT2D eigenvalue weighted by Crippen LogP contribution is -2.44. The number of benzene rings is 1. The van der Waals surface area contributed by atoms with Crippen LogP contribution in [0.5, 0.6) is 0 Å². The van der Waals surface area contributed by atoms with Crippen molar-refractivity contribution in [1.29, 1.82) is 0 Å². The Labute approximate surface area is 149 Å². The Balaban J connectivity index is 1.34. The van der Waals surface area contributed by atoms with E-state index in [1.165, 1.54) is 24.3 Å². The van der Waals surface area contributed by atoms with E-state index in [1.54, 1.807) is 10.9 Å². The topological polar surface area (TPSA) is 77.6 Å². The molecule has 3 aromatic rings. The van der Waals surface area contributed by atoms with Gasteiger partial charge in [-0.25, -0.2) is 4.39 Å². The van der Waals surface area contributed by atoms with Crippen molar-refractivity contribution in [2.24, 2.45) is 7.05 Å². The fraction of sp³-hybridized carbons (Fsp3) is 0.333. The summed E-state index contributed by atoms with van der Waals surface area (Å²) in [5, 5.41) is 15.7. The maximum absolute atomic E-state index is 12.9. The van der Waals surface area contributed by atoms with Crippen molar-refractivity contribution in [2.45, 2.75) is 31.3 Å². The van der Waals surface area contributed by atoms with Crippen molar-refractivity contribution in [3.63, 3.8) is 0 Å². The summed E-state index contributed by atoms with van der Waals surface area (Å²) in [5.74, 6) is 1.53. The summed E-state index contributed by atoms with van der Waals surface area (Å²) in [7, 11) is 1.96. The lowest BCUT2D eigenvalue weighted by atomic mass is 9.79. The highest BCUT2D eigenvalue weighted by Crippen LogP contribution is 2.36. The predicted molar refractivity (Wildman–Crippen MR) is 92.0 cm³/mol. The van der Waals surface area contributed by atoms with Gasteiger partial charge in [0.15, 0.2) is 5.82 Å². The minimum atomic E-state index is -0.349. The third-order valence-electron chi connectivity index (χ3n) is 4.81. The van der Waals surface area contributed by atoms with E-state index in [9.17, 15) is 9.18 Å². The number of carbonyl (C=O) groups excluding carboxylic acids is 1. The standard InChI is InChI=1S/C18H19FN6O/c1-24-16(11-25-8-2-7-20-25)22-23-17(24)13-9-15(10-13)21-18(26)12-3-5-14(19)6-4-12/h2-8,13,15H,9-11H2,1H3,(H,21,26). The summed E-state index contributed by atoms with van der Waals surface area (Å²) in [6.45, 7) is 0.577. The molecule has 4 rings (SSSR count). The normalized spacial score (nSPS) is 19.2. The lowest BCUT2D eigenvalue weighted by molar-refractivity contribution is 0.0907. The first-order chi connectivity index (χ1) is 12.6. The highest BCUT2D eigenvalue weighted by Gasteiger charge is 2.35. The van der Waals surface area contributed by atoms with Gasteiger partial charge in [0.2, 0.25) is 0 Å². The van der Waals surface area contributed by atoms with Crippen molar-refractivity contribution in [2.75, 3.05) is 0 Å². The number of hydrogen-bond donors (Lipinski definition) is 1. The van der Waals surface area contributed by atoms with Crippen LogP contribution in [0.3, 0.4) is 0 Å². The molecule has 1 N–H and O–H groups in total. The van der Waals surface area contributed by atoms with Crippen LogP contribution in [-0.2, 0) is 13.6 Å². The summed E-state index contributed by atoms with van der Waals surface area (Å²) in [6, 6.07) is 7.54. The second-order valence-electron chi connectivity index (χ2n) is 6.58. The second kappa shape index (κ2) is 6.70. The van der Waals surface area contributed by atoms with E-state index in [0.29, 0.717) is 12.1 Å². The van der Waals surface area contributed by atoms with Gasteiger partial charge in [-0.3, -0.25) is 9.48 Å². The van der Waals surface area contributed by atoms with E-state index < -0.39 is 0 Å². The molecule has 8 heteroatoms. The maximum atomic E-state index is 12.9. The molecular weight excluding hydrogens is 335 g/mol. The summed E-state index contributed by atoms with van der Waals surface area (Å²) in [6.07, 6.45) is 5.26. The third-order valence-corrected chi connectivity index (χ3v) is 4.81. The molecule has 134 valence electrons. The highest BCUT2D eigenvalue weighted by atomic mass is 19.1. The van der Waals surface area contributed by atoms with E-state index in [4.69, 9.17) is 0 Å². The van der Waals surface area contributed by atoms with Crippen LogP contribution in [0.2, 0.25) is 0 Å². The summed E-state index contributed by atoms with van der Waals surface area (Å²) < 4.78 is 16.7. The van der Waals surface area contributed by atoms with Gasteiger partial charge in [-0.1, -0.05) is 0 Å². The Morgan fingerprint density at radius 2 is 2.04 bits per heavy atom. The van der Waals surface area contributed by atoms with Crippen molar-refractivity contribution in [1.82, 2.24) is 29.9 Å². The fourth-order valence-electron chi connectivity index (χ4n) is 3.22. The number of aromatic nitrogens is 5. The molecule has 1 aliphatic carbocycles.